The summed E-state index contributed by atoms with van der Waals surface area (Å²) in [5, 5.41) is 14.5. The maximum Gasteiger partial charge on any atom is 0.354 e. The second kappa shape index (κ2) is 5.43. The second-order valence-electron chi connectivity index (χ2n) is 4.60. The molecule has 8 heteroatoms. The average Bonchev–Trinajstić information content (AvgIpc) is 2.76. The minimum atomic E-state index is -1.13. The van der Waals surface area contributed by atoms with Crippen LogP contribution in [0.25, 0.3) is 16.9 Å². The van der Waals surface area contributed by atoms with Crippen molar-refractivity contribution in [1.29, 1.82) is 0 Å². The van der Waals surface area contributed by atoms with Gasteiger partial charge in [0.15, 0.2) is 11.3 Å². The summed E-state index contributed by atoms with van der Waals surface area (Å²) in [7, 11) is 0. The highest BCUT2D eigenvalue weighted by atomic mass is 35.5. The van der Waals surface area contributed by atoms with Crippen molar-refractivity contribution in [3.63, 3.8) is 0 Å². The molecule has 0 saturated carbocycles. The quantitative estimate of drug-likeness (QED) is 0.740. The van der Waals surface area contributed by atoms with E-state index in [0.29, 0.717) is 32.0 Å². The number of carbonyl (C=O) groups is 1. The molecule has 0 unspecified atom stereocenters. The molecule has 0 aliphatic carbocycles. The van der Waals surface area contributed by atoms with Gasteiger partial charge < -0.3 is 5.11 Å². The fourth-order valence-electron chi connectivity index (χ4n) is 2.05. The SMILES string of the molecule is Cc1nn2c(C(=O)O)cc(-c3ccc(Cl)c(Cl)c3)nc2c1Cl. The van der Waals surface area contributed by atoms with Crippen molar-refractivity contribution in [2.45, 2.75) is 6.92 Å². The van der Waals surface area contributed by atoms with Crippen molar-refractivity contribution < 1.29 is 9.90 Å². The topological polar surface area (TPSA) is 67.5 Å². The average molecular weight is 357 g/mol. The molecule has 112 valence electrons. The van der Waals surface area contributed by atoms with Crippen LogP contribution in [0.15, 0.2) is 24.3 Å². The molecule has 0 atom stereocenters. The lowest BCUT2D eigenvalue weighted by Crippen LogP contribution is -2.08. The Balaban J connectivity index is 2.32. The van der Waals surface area contributed by atoms with Gasteiger partial charge in [0.25, 0.3) is 0 Å². The number of hydrogen-bond acceptors (Lipinski definition) is 3. The molecular formula is C14H8Cl3N3O2. The number of aromatic nitrogens is 3. The van der Waals surface area contributed by atoms with Crippen LogP contribution in [0.2, 0.25) is 15.1 Å². The fraction of sp³-hybridized carbons (Fsp3) is 0.0714. The maximum atomic E-state index is 11.5. The number of hydrogen-bond donors (Lipinski definition) is 1. The van der Waals surface area contributed by atoms with Crippen molar-refractivity contribution in [1.82, 2.24) is 14.6 Å². The van der Waals surface area contributed by atoms with Crippen LogP contribution in [-0.4, -0.2) is 25.7 Å². The van der Waals surface area contributed by atoms with Crippen LogP contribution in [0.1, 0.15) is 16.2 Å². The van der Waals surface area contributed by atoms with E-state index < -0.39 is 5.97 Å². The first kappa shape index (κ1) is 15.1. The lowest BCUT2D eigenvalue weighted by Gasteiger charge is -2.06. The van der Waals surface area contributed by atoms with Gasteiger partial charge in [0.1, 0.15) is 5.02 Å². The van der Waals surface area contributed by atoms with E-state index in [1.54, 1.807) is 25.1 Å². The molecule has 0 saturated heterocycles. The van der Waals surface area contributed by atoms with E-state index in [4.69, 9.17) is 34.8 Å². The van der Waals surface area contributed by atoms with Crippen LogP contribution < -0.4 is 0 Å². The molecule has 0 fully saturated rings. The Labute approximate surface area is 140 Å². The van der Waals surface area contributed by atoms with Crippen LogP contribution in [0.4, 0.5) is 0 Å². The normalized spacial score (nSPS) is 11.1. The predicted octanol–water partition coefficient (Wildman–Crippen LogP) is 4.36. The highest BCUT2D eigenvalue weighted by Gasteiger charge is 2.18. The Morgan fingerprint density at radius 2 is 1.91 bits per heavy atom. The number of aromatic carboxylic acids is 1. The van der Waals surface area contributed by atoms with E-state index in [1.165, 1.54) is 10.6 Å². The smallest absolute Gasteiger partial charge is 0.354 e. The molecular weight excluding hydrogens is 349 g/mol. The summed E-state index contributed by atoms with van der Waals surface area (Å²) in [5.41, 5.74) is 1.80. The van der Waals surface area contributed by atoms with E-state index in [0.717, 1.165) is 0 Å². The Kier molecular flexibility index (Phi) is 3.72. The van der Waals surface area contributed by atoms with E-state index in [1.807, 2.05) is 0 Å². The minimum absolute atomic E-state index is 0.0407. The van der Waals surface area contributed by atoms with Gasteiger partial charge in [-0.25, -0.2) is 14.3 Å². The van der Waals surface area contributed by atoms with Gasteiger partial charge in [-0.05, 0) is 25.1 Å². The number of benzene rings is 1. The first-order chi connectivity index (χ1) is 10.4. The van der Waals surface area contributed by atoms with Crippen LogP contribution in [0.5, 0.6) is 0 Å². The molecule has 5 nitrogen and oxygen atoms in total. The Morgan fingerprint density at radius 1 is 1.18 bits per heavy atom. The zero-order valence-corrected chi connectivity index (χ0v) is 13.4. The third-order valence-corrected chi connectivity index (χ3v) is 4.31. The van der Waals surface area contributed by atoms with E-state index in [9.17, 15) is 9.90 Å². The van der Waals surface area contributed by atoms with Crippen LogP contribution >= 0.6 is 34.8 Å². The Morgan fingerprint density at radius 3 is 2.55 bits per heavy atom. The molecule has 1 aromatic carbocycles. The van der Waals surface area contributed by atoms with Crippen LogP contribution in [0.3, 0.4) is 0 Å². The first-order valence-electron chi connectivity index (χ1n) is 6.13. The molecule has 0 radical (unpaired) electrons. The number of fused-ring (bicyclic) bond motifs is 1. The van der Waals surface area contributed by atoms with Gasteiger partial charge >= 0.3 is 5.97 Å². The van der Waals surface area contributed by atoms with Gasteiger partial charge in [-0.2, -0.15) is 5.10 Å². The number of rotatable bonds is 2. The molecule has 2 aromatic heterocycles. The first-order valence-corrected chi connectivity index (χ1v) is 7.26. The zero-order valence-electron chi connectivity index (χ0n) is 11.1. The van der Waals surface area contributed by atoms with E-state index in [2.05, 4.69) is 10.1 Å². The molecule has 3 aromatic rings. The maximum absolute atomic E-state index is 11.5. The third-order valence-electron chi connectivity index (χ3n) is 3.13. The summed E-state index contributed by atoms with van der Waals surface area (Å²) in [6.07, 6.45) is 0. The molecule has 0 aliphatic rings. The molecule has 0 aliphatic heterocycles. The highest BCUT2D eigenvalue weighted by molar-refractivity contribution is 6.42. The molecule has 1 N–H and O–H groups in total. The summed E-state index contributed by atoms with van der Waals surface area (Å²) in [6, 6.07) is 6.35. The lowest BCUT2D eigenvalue weighted by molar-refractivity contribution is 0.0687. The standard InChI is InChI=1S/C14H8Cl3N3O2/c1-6-12(17)13-18-10(5-11(14(21)22)20(13)19-6)7-2-3-8(15)9(16)4-7/h2-5H,1H3,(H,21,22). The fourth-order valence-corrected chi connectivity index (χ4v) is 2.51. The second-order valence-corrected chi connectivity index (χ2v) is 5.79. The molecule has 0 bridgehead atoms. The number of halogens is 3. The van der Waals surface area contributed by atoms with Gasteiger partial charge in [-0.1, -0.05) is 40.9 Å². The van der Waals surface area contributed by atoms with Crippen LogP contribution in [-0.2, 0) is 0 Å². The lowest BCUT2D eigenvalue weighted by atomic mass is 10.1. The summed E-state index contributed by atoms with van der Waals surface area (Å²) in [6.45, 7) is 1.68. The summed E-state index contributed by atoms with van der Waals surface area (Å²) in [5.74, 6) is -1.13. The van der Waals surface area contributed by atoms with Gasteiger partial charge in [0, 0.05) is 5.56 Å². The van der Waals surface area contributed by atoms with Crippen molar-refractivity contribution in [2.75, 3.05) is 0 Å². The molecule has 22 heavy (non-hydrogen) atoms. The van der Waals surface area contributed by atoms with Gasteiger partial charge in [0.2, 0.25) is 0 Å². The summed E-state index contributed by atoms with van der Waals surface area (Å²) < 4.78 is 1.21. The van der Waals surface area contributed by atoms with E-state index in [-0.39, 0.29) is 11.3 Å². The van der Waals surface area contributed by atoms with Crippen LogP contribution in [0, 0.1) is 6.92 Å². The largest absolute Gasteiger partial charge is 0.477 e. The summed E-state index contributed by atoms with van der Waals surface area (Å²) >= 11 is 18.0. The molecule has 3 rings (SSSR count). The van der Waals surface area contributed by atoms with Gasteiger partial charge in [0.05, 0.1) is 21.4 Å². The Bertz CT molecular complexity index is 921. The van der Waals surface area contributed by atoms with E-state index >= 15 is 0 Å². The van der Waals surface area contributed by atoms with Crippen molar-refractivity contribution >= 4 is 46.4 Å². The molecule has 0 spiro atoms. The monoisotopic (exact) mass is 355 g/mol. The van der Waals surface area contributed by atoms with Crippen molar-refractivity contribution in [3.8, 4) is 11.3 Å². The van der Waals surface area contributed by atoms with Gasteiger partial charge in [-0.15, -0.1) is 0 Å². The van der Waals surface area contributed by atoms with Crippen molar-refractivity contribution in [2.24, 2.45) is 0 Å². The minimum Gasteiger partial charge on any atom is -0.477 e. The van der Waals surface area contributed by atoms with Crippen molar-refractivity contribution in [3.05, 3.63) is 50.7 Å². The highest BCUT2D eigenvalue weighted by Crippen LogP contribution is 2.30. The summed E-state index contributed by atoms with van der Waals surface area (Å²) in [4.78, 5) is 15.8. The Hall–Kier alpha value is -1.82. The number of aryl methyl sites for hydroxylation is 1. The third kappa shape index (κ3) is 2.41. The molecule has 2 heterocycles. The predicted molar refractivity (Wildman–Crippen MR) is 85.1 cm³/mol. The number of carboxylic acids is 1. The van der Waals surface area contributed by atoms with Gasteiger partial charge in [-0.3, -0.25) is 0 Å². The number of nitrogens with zero attached hydrogens (tertiary/aromatic N) is 3. The molecule has 0 amide bonds. The zero-order chi connectivity index (χ0) is 16.0. The number of carboxylic acid groups (broad SMARTS) is 1.